The number of alkyl halides is 3. The largest absolute Gasteiger partial charge is 0.471 e. The predicted molar refractivity (Wildman–Crippen MR) is 79.5 cm³/mol. The van der Waals surface area contributed by atoms with Crippen LogP contribution in [-0.4, -0.2) is 24.0 Å². The van der Waals surface area contributed by atoms with Crippen LogP contribution in [0.25, 0.3) is 0 Å². The van der Waals surface area contributed by atoms with E-state index < -0.39 is 18.1 Å². The van der Waals surface area contributed by atoms with Crippen LogP contribution in [0.15, 0.2) is 24.3 Å². The molecule has 2 rings (SSSR count). The van der Waals surface area contributed by atoms with Gasteiger partial charge in [-0.05, 0) is 36.8 Å². The van der Waals surface area contributed by atoms with Crippen molar-refractivity contribution in [3.63, 3.8) is 0 Å². The number of benzene rings is 1. The minimum atomic E-state index is -4.83. The molecule has 1 aliphatic carbocycles. The van der Waals surface area contributed by atoms with Crippen molar-refractivity contribution in [1.29, 1.82) is 0 Å². The summed E-state index contributed by atoms with van der Waals surface area (Å²) in [6, 6.07) is 6.99. The van der Waals surface area contributed by atoms with Gasteiger partial charge in [-0.15, -0.1) is 0 Å². The van der Waals surface area contributed by atoms with Crippen molar-refractivity contribution in [2.75, 3.05) is 7.05 Å². The number of rotatable bonds is 3. The quantitative estimate of drug-likeness (QED) is 0.783. The van der Waals surface area contributed by atoms with Crippen LogP contribution in [0, 0.1) is 0 Å². The van der Waals surface area contributed by atoms with Crippen LogP contribution in [-0.2, 0) is 4.79 Å². The molecule has 1 atom stereocenters. The van der Waals surface area contributed by atoms with Gasteiger partial charge in [-0.3, -0.25) is 4.79 Å². The minimum Gasteiger partial charge on any atom is -0.331 e. The zero-order valence-corrected chi connectivity index (χ0v) is 13.0. The van der Waals surface area contributed by atoms with Crippen LogP contribution >= 0.6 is 0 Å². The number of halogens is 3. The Morgan fingerprint density at radius 2 is 1.77 bits per heavy atom. The van der Waals surface area contributed by atoms with Gasteiger partial charge in [0.1, 0.15) is 0 Å². The first-order valence-corrected chi connectivity index (χ1v) is 7.75. The van der Waals surface area contributed by atoms with Crippen molar-refractivity contribution in [1.82, 2.24) is 4.90 Å². The molecule has 0 aliphatic heterocycles. The Bertz CT molecular complexity index is 521. The molecule has 22 heavy (non-hydrogen) atoms. The second-order valence-corrected chi connectivity index (χ2v) is 6.05. The van der Waals surface area contributed by atoms with Crippen molar-refractivity contribution < 1.29 is 18.0 Å². The van der Waals surface area contributed by atoms with Gasteiger partial charge in [0.25, 0.3) is 0 Å². The number of carbonyl (C=O) groups is 1. The Labute approximate surface area is 129 Å². The summed E-state index contributed by atoms with van der Waals surface area (Å²) in [5.41, 5.74) is 1.92. The fourth-order valence-corrected chi connectivity index (χ4v) is 3.26. The van der Waals surface area contributed by atoms with E-state index in [0.29, 0.717) is 5.92 Å². The van der Waals surface area contributed by atoms with E-state index in [2.05, 4.69) is 0 Å². The summed E-state index contributed by atoms with van der Waals surface area (Å²) in [4.78, 5) is 12.3. The van der Waals surface area contributed by atoms with E-state index >= 15 is 0 Å². The van der Waals surface area contributed by atoms with Crippen LogP contribution in [0.3, 0.4) is 0 Å². The van der Waals surface area contributed by atoms with Crippen LogP contribution < -0.4 is 0 Å². The number of amides is 1. The lowest BCUT2D eigenvalue weighted by Gasteiger charge is -2.31. The zero-order chi connectivity index (χ0) is 16.3. The van der Waals surface area contributed by atoms with Crippen LogP contribution in [0.4, 0.5) is 13.2 Å². The number of carbonyl (C=O) groups excluding carboxylic acids is 1. The van der Waals surface area contributed by atoms with Gasteiger partial charge in [-0.2, -0.15) is 13.2 Å². The Morgan fingerprint density at radius 3 is 2.36 bits per heavy atom. The summed E-state index contributed by atoms with van der Waals surface area (Å²) in [7, 11) is 1.22. The molecule has 1 fully saturated rings. The molecule has 5 heteroatoms. The third kappa shape index (κ3) is 3.62. The molecule has 1 aliphatic rings. The highest BCUT2D eigenvalue weighted by Gasteiger charge is 2.43. The van der Waals surface area contributed by atoms with E-state index in [1.54, 1.807) is 6.92 Å². The van der Waals surface area contributed by atoms with Crippen molar-refractivity contribution in [3.05, 3.63) is 35.4 Å². The molecule has 1 aromatic carbocycles. The Balaban J connectivity index is 2.26. The zero-order valence-electron chi connectivity index (χ0n) is 13.0. The number of hydrogen-bond donors (Lipinski definition) is 0. The monoisotopic (exact) mass is 313 g/mol. The van der Waals surface area contributed by atoms with E-state index in [1.165, 1.54) is 13.5 Å². The standard InChI is InChI=1S/C17H22F3NO/c1-12(21(2)16(22)17(18,19)20)14-10-6-7-11-15(14)13-8-4-3-5-9-13/h6-7,10-13H,3-5,8-9H2,1-2H3. The molecule has 1 saturated carbocycles. The lowest BCUT2D eigenvalue weighted by Crippen LogP contribution is -2.40. The number of nitrogens with zero attached hydrogens (tertiary/aromatic N) is 1. The summed E-state index contributed by atoms with van der Waals surface area (Å²) in [6.07, 6.45) is 0.847. The number of hydrogen-bond acceptors (Lipinski definition) is 1. The highest BCUT2D eigenvalue weighted by molar-refractivity contribution is 5.82. The lowest BCUT2D eigenvalue weighted by molar-refractivity contribution is -0.186. The van der Waals surface area contributed by atoms with Crippen LogP contribution in [0.5, 0.6) is 0 Å². The average molecular weight is 313 g/mol. The van der Waals surface area contributed by atoms with E-state index in [9.17, 15) is 18.0 Å². The summed E-state index contributed by atoms with van der Waals surface area (Å²) in [5, 5.41) is 0. The fraction of sp³-hybridized carbons (Fsp3) is 0.588. The molecule has 0 N–H and O–H groups in total. The highest BCUT2D eigenvalue weighted by atomic mass is 19.4. The predicted octanol–water partition coefficient (Wildman–Crippen LogP) is 4.82. The molecule has 2 nitrogen and oxygen atoms in total. The van der Waals surface area contributed by atoms with E-state index in [4.69, 9.17) is 0 Å². The molecular formula is C17H22F3NO. The van der Waals surface area contributed by atoms with E-state index in [1.807, 2.05) is 24.3 Å². The lowest BCUT2D eigenvalue weighted by atomic mass is 9.81. The molecular weight excluding hydrogens is 291 g/mol. The maximum Gasteiger partial charge on any atom is 0.471 e. The Morgan fingerprint density at radius 1 is 1.18 bits per heavy atom. The van der Waals surface area contributed by atoms with Crippen molar-refractivity contribution >= 4 is 5.91 Å². The highest BCUT2D eigenvalue weighted by Crippen LogP contribution is 2.37. The Hall–Kier alpha value is -1.52. The summed E-state index contributed by atoms with van der Waals surface area (Å²) in [6.45, 7) is 1.66. The molecule has 0 spiro atoms. The molecule has 1 unspecified atom stereocenters. The molecule has 122 valence electrons. The van der Waals surface area contributed by atoms with Gasteiger partial charge in [0.2, 0.25) is 0 Å². The molecule has 0 radical (unpaired) electrons. The second-order valence-electron chi connectivity index (χ2n) is 6.05. The Kier molecular flexibility index (Phi) is 5.14. The summed E-state index contributed by atoms with van der Waals surface area (Å²) in [5.74, 6) is -1.40. The maximum absolute atomic E-state index is 12.6. The van der Waals surface area contributed by atoms with Crippen molar-refractivity contribution in [2.24, 2.45) is 0 Å². The third-order valence-corrected chi connectivity index (χ3v) is 4.63. The first-order chi connectivity index (χ1) is 10.3. The molecule has 0 aromatic heterocycles. The third-order valence-electron chi connectivity index (χ3n) is 4.63. The van der Waals surface area contributed by atoms with Gasteiger partial charge in [0.05, 0.1) is 6.04 Å². The molecule has 0 bridgehead atoms. The molecule has 0 saturated heterocycles. The maximum atomic E-state index is 12.6. The fourth-order valence-electron chi connectivity index (χ4n) is 3.26. The van der Waals surface area contributed by atoms with Crippen LogP contribution in [0.2, 0.25) is 0 Å². The van der Waals surface area contributed by atoms with Crippen molar-refractivity contribution in [3.8, 4) is 0 Å². The summed E-state index contributed by atoms with van der Waals surface area (Å²) >= 11 is 0. The first kappa shape index (κ1) is 16.8. The van der Waals surface area contributed by atoms with Gasteiger partial charge in [-0.25, -0.2) is 0 Å². The SMILES string of the molecule is CC(c1ccccc1C1CCCCC1)N(C)C(=O)C(F)(F)F. The van der Waals surface area contributed by atoms with E-state index in [0.717, 1.165) is 41.7 Å². The average Bonchev–Trinajstić information content (AvgIpc) is 2.52. The summed E-state index contributed by atoms with van der Waals surface area (Å²) < 4.78 is 37.9. The van der Waals surface area contributed by atoms with Crippen LogP contribution in [0.1, 0.15) is 62.1 Å². The first-order valence-electron chi connectivity index (χ1n) is 7.75. The van der Waals surface area contributed by atoms with Gasteiger partial charge < -0.3 is 4.90 Å². The minimum absolute atomic E-state index is 0.391. The van der Waals surface area contributed by atoms with Gasteiger partial charge in [0, 0.05) is 7.05 Å². The van der Waals surface area contributed by atoms with Gasteiger partial charge >= 0.3 is 12.1 Å². The van der Waals surface area contributed by atoms with Gasteiger partial charge in [-0.1, -0.05) is 43.5 Å². The smallest absolute Gasteiger partial charge is 0.331 e. The molecule has 1 amide bonds. The topological polar surface area (TPSA) is 20.3 Å². The second kappa shape index (κ2) is 6.71. The molecule has 0 heterocycles. The van der Waals surface area contributed by atoms with Gasteiger partial charge in [0.15, 0.2) is 0 Å². The normalized spacial score (nSPS) is 18.0. The van der Waals surface area contributed by atoms with Crippen molar-refractivity contribution in [2.45, 2.75) is 57.2 Å². The molecule has 1 aromatic rings. The van der Waals surface area contributed by atoms with E-state index in [-0.39, 0.29) is 0 Å².